The molecule has 0 spiro atoms. The van der Waals surface area contributed by atoms with Gasteiger partial charge in [-0.15, -0.1) is 0 Å². The van der Waals surface area contributed by atoms with Gasteiger partial charge in [-0.3, -0.25) is 0 Å². The fraction of sp³-hybridized carbons (Fsp3) is 0.500. The van der Waals surface area contributed by atoms with Crippen LogP contribution in [0.2, 0.25) is 0 Å². The molecule has 1 nitrogen and oxygen atoms in total. The lowest BCUT2D eigenvalue weighted by Crippen LogP contribution is -1.97. The lowest BCUT2D eigenvalue weighted by Gasteiger charge is -1.82. The highest BCUT2D eigenvalue weighted by Gasteiger charge is 1.67. The summed E-state index contributed by atoms with van der Waals surface area (Å²) in [4.78, 5) is 0. The van der Waals surface area contributed by atoms with Gasteiger partial charge in [0.1, 0.15) is 0 Å². The van der Waals surface area contributed by atoms with Crippen molar-refractivity contribution in [2.45, 2.75) is 6.42 Å². The van der Waals surface area contributed by atoms with E-state index in [1.54, 1.807) is 0 Å². The molecule has 0 aromatic heterocycles. The van der Waals surface area contributed by atoms with Gasteiger partial charge in [-0.05, 0) is 13.5 Å². The van der Waals surface area contributed by atoms with Crippen molar-refractivity contribution in [2.24, 2.45) is 0 Å². The molecule has 0 aromatic rings. The van der Waals surface area contributed by atoms with Gasteiger partial charge in [-0.1, -0.05) is 6.92 Å². The summed E-state index contributed by atoms with van der Waals surface area (Å²) in [7, 11) is 1.81. The minimum atomic E-state index is 0.733. The van der Waals surface area contributed by atoms with Crippen molar-refractivity contribution in [3.05, 3.63) is 13.5 Å². The van der Waals surface area contributed by atoms with Gasteiger partial charge in [0.05, 0.1) is 6.54 Å². The van der Waals surface area contributed by atoms with Gasteiger partial charge in [-0.2, -0.15) is 0 Å². The predicted molar refractivity (Wildman–Crippen MR) is 22.3 cm³/mol. The Labute approximate surface area is 33.4 Å². The van der Waals surface area contributed by atoms with Gasteiger partial charge in [0, 0.05) is 0 Å². The molecule has 0 fully saturated rings. The lowest BCUT2D eigenvalue weighted by atomic mass is 10.5. The summed E-state index contributed by atoms with van der Waals surface area (Å²) in [6, 6.07) is 0. The third-order valence-electron chi connectivity index (χ3n) is 0.302. The minimum absolute atomic E-state index is 0.733. The normalized spacial score (nSPS) is 8.40. The molecule has 0 atom stereocenters. The van der Waals surface area contributed by atoms with E-state index in [1.807, 2.05) is 7.05 Å². The van der Waals surface area contributed by atoms with E-state index in [4.69, 9.17) is 0 Å². The van der Waals surface area contributed by atoms with E-state index in [9.17, 15) is 0 Å². The molecule has 0 aliphatic heterocycles. The van der Waals surface area contributed by atoms with Crippen molar-refractivity contribution >= 4 is 0 Å². The van der Waals surface area contributed by atoms with Crippen LogP contribution in [-0.4, -0.2) is 7.05 Å². The first-order valence-electron chi connectivity index (χ1n) is 1.60. The Bertz CT molecular complexity index is 11.1. The monoisotopic (exact) mass is 70.1 g/mol. The van der Waals surface area contributed by atoms with Crippen LogP contribution in [0.25, 0.3) is 0 Å². The summed E-state index contributed by atoms with van der Waals surface area (Å²) in [5, 5.41) is 2.70. The third kappa shape index (κ3) is 3.96. The van der Waals surface area contributed by atoms with Crippen LogP contribution in [0.15, 0.2) is 0 Å². The fourth-order valence-electron chi connectivity index (χ4n) is 0.125. The molecule has 0 saturated heterocycles. The van der Waals surface area contributed by atoms with Gasteiger partial charge >= 0.3 is 0 Å². The molecule has 0 aliphatic rings. The Hall–Kier alpha value is -0.0400. The lowest BCUT2D eigenvalue weighted by molar-refractivity contribution is 0.930. The standard InChI is InChI=1S/C4H8N/c1-3-4-5-2/h5H,1,3H2,2H3. The number of nitrogens with one attached hydrogen (secondary N) is 1. The quantitative estimate of drug-likeness (QED) is 0.466. The Kier molecular flexibility index (Phi) is 3.93. The van der Waals surface area contributed by atoms with Gasteiger partial charge in [0.2, 0.25) is 0 Å². The van der Waals surface area contributed by atoms with Crippen molar-refractivity contribution in [1.29, 1.82) is 0 Å². The number of rotatable bonds is 2. The summed E-state index contributed by atoms with van der Waals surface area (Å²) in [6.07, 6.45) is 0.733. The third-order valence-corrected chi connectivity index (χ3v) is 0.302. The van der Waals surface area contributed by atoms with E-state index in [-0.39, 0.29) is 0 Å². The predicted octanol–water partition coefficient (Wildman–Crippen LogP) is 0.469. The number of hydrogen-bond donors (Lipinski definition) is 1. The summed E-state index contributed by atoms with van der Waals surface area (Å²) >= 11 is 0. The molecular weight excluding hydrogens is 62.1 g/mol. The molecule has 0 aromatic carbocycles. The summed E-state index contributed by atoms with van der Waals surface area (Å²) in [5.74, 6) is 0. The zero-order valence-corrected chi connectivity index (χ0v) is 3.41. The van der Waals surface area contributed by atoms with E-state index < -0.39 is 0 Å². The molecule has 3 radical (unpaired) electrons. The van der Waals surface area contributed by atoms with Crippen molar-refractivity contribution in [3.8, 4) is 0 Å². The average molecular weight is 70.1 g/mol. The Morgan fingerprint density at radius 3 is 2.60 bits per heavy atom. The molecule has 0 aliphatic carbocycles. The van der Waals surface area contributed by atoms with Crippen LogP contribution >= 0.6 is 0 Å². The zero-order valence-electron chi connectivity index (χ0n) is 3.41. The van der Waals surface area contributed by atoms with E-state index in [2.05, 4.69) is 18.8 Å². The van der Waals surface area contributed by atoms with Crippen molar-refractivity contribution in [2.75, 3.05) is 7.05 Å². The molecule has 5 heavy (non-hydrogen) atoms. The Morgan fingerprint density at radius 1 is 2.00 bits per heavy atom. The topological polar surface area (TPSA) is 12.0 Å². The Balaban J connectivity index is 2.19. The van der Waals surface area contributed by atoms with Crippen molar-refractivity contribution in [3.63, 3.8) is 0 Å². The summed E-state index contributed by atoms with van der Waals surface area (Å²) < 4.78 is 0. The smallest absolute Gasteiger partial charge is 0.0583 e. The maximum atomic E-state index is 3.50. The van der Waals surface area contributed by atoms with E-state index in [1.165, 1.54) is 0 Å². The van der Waals surface area contributed by atoms with Crippen LogP contribution in [0.1, 0.15) is 6.42 Å². The first kappa shape index (κ1) is 4.96. The van der Waals surface area contributed by atoms with Crippen LogP contribution in [0.4, 0.5) is 0 Å². The van der Waals surface area contributed by atoms with E-state index in [0.717, 1.165) is 6.42 Å². The average Bonchev–Trinajstić information content (AvgIpc) is 1.41. The molecule has 0 unspecified atom stereocenters. The summed E-state index contributed by atoms with van der Waals surface area (Å²) in [5.41, 5.74) is 0. The molecule has 1 N–H and O–H groups in total. The van der Waals surface area contributed by atoms with Gasteiger partial charge in [0.15, 0.2) is 0 Å². The molecule has 0 bridgehead atoms. The molecule has 29 valence electrons. The molecule has 0 rings (SSSR count). The minimum Gasteiger partial charge on any atom is -0.311 e. The molecule has 1 heteroatoms. The first-order valence-corrected chi connectivity index (χ1v) is 1.60. The van der Waals surface area contributed by atoms with Crippen LogP contribution < -0.4 is 5.32 Å². The van der Waals surface area contributed by atoms with Crippen LogP contribution in [0, 0.1) is 13.5 Å². The Morgan fingerprint density at radius 2 is 2.60 bits per heavy atom. The highest BCUT2D eigenvalue weighted by atomic mass is 14.8. The fourth-order valence-corrected chi connectivity index (χ4v) is 0.125. The largest absolute Gasteiger partial charge is 0.311 e. The van der Waals surface area contributed by atoms with E-state index >= 15 is 0 Å². The molecular formula is C4H8N. The summed E-state index contributed by atoms with van der Waals surface area (Å²) in [6.45, 7) is 6.25. The van der Waals surface area contributed by atoms with Crippen LogP contribution in [-0.2, 0) is 0 Å². The number of hydrogen-bond acceptors (Lipinski definition) is 1. The molecule has 0 saturated carbocycles. The molecule has 0 heterocycles. The SMILES string of the molecule is [CH2]C[C]NC. The first-order chi connectivity index (χ1) is 2.41. The molecule has 0 amide bonds. The van der Waals surface area contributed by atoms with Gasteiger partial charge < -0.3 is 5.32 Å². The van der Waals surface area contributed by atoms with Crippen LogP contribution in [0.3, 0.4) is 0 Å². The van der Waals surface area contributed by atoms with Gasteiger partial charge in [0.25, 0.3) is 0 Å². The second kappa shape index (κ2) is 3.96. The maximum absolute atomic E-state index is 3.50. The van der Waals surface area contributed by atoms with E-state index in [0.29, 0.717) is 0 Å². The second-order valence-electron chi connectivity index (χ2n) is 0.677. The maximum Gasteiger partial charge on any atom is 0.0583 e. The highest BCUT2D eigenvalue weighted by molar-refractivity contribution is 4.56. The van der Waals surface area contributed by atoms with Crippen LogP contribution in [0.5, 0.6) is 0 Å². The van der Waals surface area contributed by atoms with Gasteiger partial charge in [-0.25, -0.2) is 0 Å². The second-order valence-corrected chi connectivity index (χ2v) is 0.677. The van der Waals surface area contributed by atoms with Crippen molar-refractivity contribution in [1.82, 2.24) is 5.32 Å². The van der Waals surface area contributed by atoms with Crippen molar-refractivity contribution < 1.29 is 0 Å². The highest BCUT2D eigenvalue weighted by Crippen LogP contribution is 1.69. The zero-order chi connectivity index (χ0) is 4.12.